The molecule has 0 fully saturated rings. The average molecular weight is 348 g/mol. The van der Waals surface area contributed by atoms with Crippen LogP contribution in [0.15, 0.2) is 54.6 Å². The summed E-state index contributed by atoms with van der Waals surface area (Å²) in [5.41, 5.74) is 1.08. The lowest BCUT2D eigenvalue weighted by Gasteiger charge is -2.14. The summed E-state index contributed by atoms with van der Waals surface area (Å²) < 4.78 is 33.5. The van der Waals surface area contributed by atoms with E-state index in [0.29, 0.717) is 6.42 Å². The zero-order valence-electron chi connectivity index (χ0n) is 13.7. The van der Waals surface area contributed by atoms with Gasteiger partial charge in [-0.2, -0.15) is 8.78 Å². The van der Waals surface area contributed by atoms with Crippen molar-refractivity contribution < 1.29 is 27.8 Å². The van der Waals surface area contributed by atoms with Crippen molar-refractivity contribution in [3.8, 4) is 5.75 Å². The lowest BCUT2D eigenvalue weighted by atomic mass is 9.97. The molecule has 0 radical (unpaired) electrons. The topological polar surface area (TPSA) is 52.6 Å². The van der Waals surface area contributed by atoms with Crippen molar-refractivity contribution >= 4 is 11.8 Å². The number of carbonyl (C=O) groups is 2. The highest BCUT2D eigenvalue weighted by Crippen LogP contribution is 2.21. The van der Waals surface area contributed by atoms with Gasteiger partial charge in [0.25, 0.3) is 0 Å². The number of Topliss-reactive ketones (excluding diaryl/α,β-unsaturated/α-hetero) is 1. The molecule has 0 aliphatic rings. The first-order valence-electron chi connectivity index (χ1n) is 7.81. The molecule has 0 unspecified atom stereocenters. The number of halogens is 2. The van der Waals surface area contributed by atoms with E-state index in [2.05, 4.69) is 4.74 Å². The normalized spacial score (nSPS) is 11.8. The van der Waals surface area contributed by atoms with E-state index in [-0.39, 0.29) is 11.3 Å². The third-order valence-corrected chi connectivity index (χ3v) is 3.64. The minimum Gasteiger partial charge on any atom is -0.457 e. The van der Waals surface area contributed by atoms with Crippen LogP contribution in [0.1, 0.15) is 35.2 Å². The van der Waals surface area contributed by atoms with E-state index >= 15 is 0 Å². The van der Waals surface area contributed by atoms with Gasteiger partial charge >= 0.3 is 12.6 Å². The highest BCUT2D eigenvalue weighted by atomic mass is 19.3. The predicted octanol–water partition coefficient (Wildman–Crippen LogP) is 4.21. The van der Waals surface area contributed by atoms with Crippen LogP contribution in [0, 0.1) is 0 Å². The lowest BCUT2D eigenvalue weighted by molar-refractivity contribution is -0.144. The smallest absolute Gasteiger partial charge is 0.387 e. The molecule has 2 rings (SSSR count). The molecule has 2 aromatic carbocycles. The standard InChI is InChI=1S/C19H18F2O4/c1-2-16(13-6-4-3-5-7-13)18(23)24-12-17(22)14-8-10-15(11-9-14)25-19(20)21/h3-11,16,19H,2,12H2,1H3/t16-/m0/s1. The molecule has 0 saturated carbocycles. The second-order valence-electron chi connectivity index (χ2n) is 5.31. The quantitative estimate of drug-likeness (QED) is 0.530. The summed E-state index contributed by atoms with van der Waals surface area (Å²) >= 11 is 0. The molecule has 0 saturated heterocycles. The van der Waals surface area contributed by atoms with Crippen molar-refractivity contribution in [1.82, 2.24) is 0 Å². The highest BCUT2D eigenvalue weighted by molar-refractivity contribution is 5.98. The minimum atomic E-state index is -2.92. The fourth-order valence-electron chi connectivity index (χ4n) is 2.37. The molecule has 0 aliphatic heterocycles. The third-order valence-electron chi connectivity index (χ3n) is 3.64. The monoisotopic (exact) mass is 348 g/mol. The van der Waals surface area contributed by atoms with Crippen LogP contribution < -0.4 is 4.74 Å². The fourth-order valence-corrected chi connectivity index (χ4v) is 2.37. The van der Waals surface area contributed by atoms with Gasteiger partial charge in [0.2, 0.25) is 0 Å². The van der Waals surface area contributed by atoms with Crippen LogP contribution in [0.25, 0.3) is 0 Å². The van der Waals surface area contributed by atoms with Gasteiger partial charge in [0.15, 0.2) is 12.4 Å². The van der Waals surface area contributed by atoms with Gasteiger partial charge in [0.1, 0.15) is 5.75 Å². The van der Waals surface area contributed by atoms with E-state index in [0.717, 1.165) is 5.56 Å². The molecule has 1 atom stereocenters. The van der Waals surface area contributed by atoms with Gasteiger partial charge < -0.3 is 9.47 Å². The summed E-state index contributed by atoms with van der Waals surface area (Å²) in [5, 5.41) is 0. The maximum absolute atomic E-state index is 12.2. The molecule has 132 valence electrons. The van der Waals surface area contributed by atoms with E-state index in [1.807, 2.05) is 37.3 Å². The number of ether oxygens (including phenoxy) is 2. The van der Waals surface area contributed by atoms with Crippen molar-refractivity contribution in [2.45, 2.75) is 25.9 Å². The summed E-state index contributed by atoms with van der Waals surface area (Å²) in [6.07, 6.45) is 0.552. The number of rotatable bonds is 8. The Kier molecular flexibility index (Phi) is 6.62. The van der Waals surface area contributed by atoms with Crippen LogP contribution in [0.3, 0.4) is 0 Å². The summed E-state index contributed by atoms with van der Waals surface area (Å²) in [6, 6.07) is 14.4. The molecule has 4 nitrogen and oxygen atoms in total. The van der Waals surface area contributed by atoms with Gasteiger partial charge in [0.05, 0.1) is 5.92 Å². The van der Waals surface area contributed by atoms with Gasteiger partial charge in [-0.1, -0.05) is 37.3 Å². The van der Waals surface area contributed by atoms with E-state index in [4.69, 9.17) is 4.74 Å². The molecular formula is C19H18F2O4. The number of carbonyl (C=O) groups excluding carboxylic acids is 2. The van der Waals surface area contributed by atoms with E-state index in [9.17, 15) is 18.4 Å². The van der Waals surface area contributed by atoms with Crippen molar-refractivity contribution in [1.29, 1.82) is 0 Å². The number of hydrogen-bond donors (Lipinski definition) is 0. The molecule has 0 bridgehead atoms. The Balaban J connectivity index is 1.93. The third kappa shape index (κ3) is 5.38. The Labute approximate surface area is 144 Å². The zero-order chi connectivity index (χ0) is 18.2. The summed E-state index contributed by atoms with van der Waals surface area (Å²) in [6.45, 7) is -1.47. The van der Waals surface area contributed by atoms with E-state index in [1.165, 1.54) is 24.3 Å². The van der Waals surface area contributed by atoms with Crippen molar-refractivity contribution in [2.24, 2.45) is 0 Å². The molecule has 0 aliphatic carbocycles. The maximum atomic E-state index is 12.2. The number of hydrogen-bond acceptors (Lipinski definition) is 4. The van der Waals surface area contributed by atoms with Crippen molar-refractivity contribution in [2.75, 3.05) is 6.61 Å². The summed E-state index contributed by atoms with van der Waals surface area (Å²) in [4.78, 5) is 24.3. The largest absolute Gasteiger partial charge is 0.457 e. The molecular weight excluding hydrogens is 330 g/mol. The number of benzene rings is 2. The Hall–Kier alpha value is -2.76. The molecule has 0 N–H and O–H groups in total. The second kappa shape index (κ2) is 8.92. The summed E-state index contributed by atoms with van der Waals surface area (Å²) in [5.74, 6) is -1.37. The predicted molar refractivity (Wildman–Crippen MR) is 87.8 cm³/mol. The summed E-state index contributed by atoms with van der Waals surface area (Å²) in [7, 11) is 0. The van der Waals surface area contributed by atoms with Gasteiger partial charge in [-0.15, -0.1) is 0 Å². The first-order chi connectivity index (χ1) is 12.0. The zero-order valence-corrected chi connectivity index (χ0v) is 13.7. The molecule has 0 spiro atoms. The molecule has 2 aromatic rings. The van der Waals surface area contributed by atoms with Crippen molar-refractivity contribution in [3.05, 3.63) is 65.7 Å². The molecule has 25 heavy (non-hydrogen) atoms. The maximum Gasteiger partial charge on any atom is 0.387 e. The van der Waals surface area contributed by atoms with Crippen LogP contribution in [-0.4, -0.2) is 25.0 Å². The molecule has 6 heteroatoms. The Morgan fingerprint density at radius 2 is 1.64 bits per heavy atom. The van der Waals surface area contributed by atoms with Gasteiger partial charge in [-0.3, -0.25) is 9.59 Å². The van der Waals surface area contributed by atoms with Crippen molar-refractivity contribution in [3.63, 3.8) is 0 Å². The van der Waals surface area contributed by atoms with Crippen LogP contribution >= 0.6 is 0 Å². The van der Waals surface area contributed by atoms with Gasteiger partial charge in [-0.25, -0.2) is 0 Å². The van der Waals surface area contributed by atoms with Gasteiger partial charge in [0, 0.05) is 5.56 Å². The number of alkyl halides is 2. The second-order valence-corrected chi connectivity index (χ2v) is 5.31. The number of esters is 1. The van der Waals surface area contributed by atoms with Crippen LogP contribution in [0.4, 0.5) is 8.78 Å². The molecule has 0 amide bonds. The van der Waals surface area contributed by atoms with Crippen LogP contribution in [-0.2, 0) is 9.53 Å². The first-order valence-corrected chi connectivity index (χ1v) is 7.81. The van der Waals surface area contributed by atoms with E-state index < -0.39 is 30.9 Å². The van der Waals surface area contributed by atoms with Crippen LogP contribution in [0.2, 0.25) is 0 Å². The highest BCUT2D eigenvalue weighted by Gasteiger charge is 2.21. The Bertz CT molecular complexity index is 699. The lowest BCUT2D eigenvalue weighted by Crippen LogP contribution is -2.20. The fraction of sp³-hybridized carbons (Fsp3) is 0.263. The van der Waals surface area contributed by atoms with Crippen LogP contribution in [0.5, 0.6) is 5.75 Å². The number of ketones is 1. The SMILES string of the molecule is CC[C@H](C(=O)OCC(=O)c1ccc(OC(F)F)cc1)c1ccccc1. The Morgan fingerprint density at radius 1 is 1.00 bits per heavy atom. The van der Waals surface area contributed by atoms with E-state index in [1.54, 1.807) is 0 Å². The van der Waals surface area contributed by atoms with Gasteiger partial charge in [-0.05, 0) is 36.2 Å². The first kappa shape index (κ1) is 18.6. The Morgan fingerprint density at radius 3 is 2.20 bits per heavy atom. The molecule has 0 heterocycles. The molecule has 0 aromatic heterocycles. The minimum absolute atomic E-state index is 0.0429. The average Bonchev–Trinajstić information content (AvgIpc) is 2.61.